The van der Waals surface area contributed by atoms with Gasteiger partial charge in [0.15, 0.2) is 12.4 Å². The zero-order chi connectivity index (χ0) is 26.6. The first-order valence-electron chi connectivity index (χ1n) is 11.2. The molecule has 36 heavy (non-hydrogen) atoms. The second-order valence-electron chi connectivity index (χ2n) is 8.51. The number of halogens is 1. The minimum atomic E-state index is -4.29. The van der Waals surface area contributed by atoms with Crippen molar-refractivity contribution < 1.29 is 37.4 Å². The second kappa shape index (κ2) is 11.5. The molecule has 3 rings (SSSR count). The van der Waals surface area contributed by atoms with Crippen molar-refractivity contribution in [3.8, 4) is 5.75 Å². The Hall–Kier alpha value is -2.83. The predicted molar refractivity (Wildman–Crippen MR) is 125 cm³/mol. The van der Waals surface area contributed by atoms with Crippen LogP contribution in [0.25, 0.3) is 0 Å². The van der Waals surface area contributed by atoms with Gasteiger partial charge in [-0.05, 0) is 39.8 Å². The van der Waals surface area contributed by atoms with Gasteiger partial charge in [-0.3, -0.25) is 23.7 Å². The van der Waals surface area contributed by atoms with E-state index in [0.29, 0.717) is 0 Å². The first kappa shape index (κ1) is 27.8. The van der Waals surface area contributed by atoms with Gasteiger partial charge in [-0.25, -0.2) is 13.8 Å². The van der Waals surface area contributed by atoms with Gasteiger partial charge in [-0.1, -0.05) is 18.2 Å². The Morgan fingerprint density at radius 2 is 1.94 bits per heavy atom. The van der Waals surface area contributed by atoms with Crippen molar-refractivity contribution in [3.05, 3.63) is 62.9 Å². The number of aryl methyl sites for hydroxylation is 1. The van der Waals surface area contributed by atoms with E-state index >= 15 is 0 Å². The monoisotopic (exact) mass is 529 g/mol. The molecular weight excluding hydrogens is 500 g/mol. The highest BCUT2D eigenvalue weighted by Crippen LogP contribution is 2.46. The maximum absolute atomic E-state index is 14.9. The molecule has 0 aliphatic carbocycles. The fraction of sp³-hybridized carbons (Fsp3) is 0.500. The number of hydrogen-bond acceptors (Lipinski definition) is 9. The number of H-pyrrole nitrogens is 1. The number of nitrogens with one attached hydrogen (secondary N) is 2. The average molecular weight is 529 g/mol. The summed E-state index contributed by atoms with van der Waals surface area (Å²) in [5, 5.41) is 12.8. The Labute approximate surface area is 205 Å². The van der Waals surface area contributed by atoms with Crippen LogP contribution in [0.3, 0.4) is 0 Å². The third-order valence-electron chi connectivity index (χ3n) is 5.15. The number of aromatic amines is 1. The van der Waals surface area contributed by atoms with E-state index in [1.807, 2.05) is 4.98 Å². The van der Waals surface area contributed by atoms with Crippen molar-refractivity contribution >= 4 is 13.7 Å². The first-order chi connectivity index (χ1) is 16.9. The fourth-order valence-electron chi connectivity index (χ4n) is 3.35. The summed E-state index contributed by atoms with van der Waals surface area (Å²) in [6, 6.07) is 6.87. The molecule has 14 heteroatoms. The molecule has 0 saturated carbocycles. The molecule has 1 saturated heterocycles. The number of aliphatic hydroxyl groups excluding tert-OH is 1. The molecule has 0 radical (unpaired) electrons. The number of para-hydroxylation sites is 1. The van der Waals surface area contributed by atoms with Gasteiger partial charge in [-0.2, -0.15) is 5.09 Å². The van der Waals surface area contributed by atoms with Gasteiger partial charge in [0.2, 0.25) is 0 Å². The molecular formula is C22H29FN3O9P. The van der Waals surface area contributed by atoms with E-state index in [1.165, 1.54) is 26.0 Å². The summed E-state index contributed by atoms with van der Waals surface area (Å²) in [6.07, 6.45) is -6.07. The number of aromatic nitrogens is 2. The average Bonchev–Trinajstić information content (AvgIpc) is 3.08. The van der Waals surface area contributed by atoms with Crippen molar-refractivity contribution in [1.29, 1.82) is 0 Å². The second-order valence-corrected chi connectivity index (χ2v) is 10.2. The highest BCUT2D eigenvalue weighted by molar-refractivity contribution is 7.52. The van der Waals surface area contributed by atoms with E-state index in [-0.39, 0.29) is 11.3 Å². The number of rotatable bonds is 10. The molecule has 12 nitrogen and oxygen atoms in total. The van der Waals surface area contributed by atoms with Crippen LogP contribution in [0.2, 0.25) is 0 Å². The molecule has 1 aliphatic heterocycles. The number of aliphatic hydroxyl groups is 1. The highest BCUT2D eigenvalue weighted by Gasteiger charge is 2.47. The van der Waals surface area contributed by atoms with Crippen LogP contribution in [0.5, 0.6) is 5.75 Å². The number of nitrogens with zero attached hydrogens (tertiary/aromatic N) is 1. The summed E-state index contributed by atoms with van der Waals surface area (Å²) in [6.45, 7) is 5.49. The Balaban J connectivity index is 1.77. The third-order valence-corrected chi connectivity index (χ3v) is 6.79. The number of carbonyl (C=O) groups is 1. The van der Waals surface area contributed by atoms with E-state index < -0.39 is 68.3 Å². The van der Waals surface area contributed by atoms with Crippen molar-refractivity contribution in [1.82, 2.24) is 14.6 Å². The van der Waals surface area contributed by atoms with E-state index in [1.54, 1.807) is 32.0 Å². The van der Waals surface area contributed by atoms with E-state index in [0.717, 1.165) is 10.8 Å². The summed E-state index contributed by atoms with van der Waals surface area (Å²) >= 11 is 0. The van der Waals surface area contributed by atoms with Gasteiger partial charge >= 0.3 is 19.4 Å². The van der Waals surface area contributed by atoms with Crippen molar-refractivity contribution in [2.24, 2.45) is 0 Å². The zero-order valence-corrected chi connectivity index (χ0v) is 21.0. The summed E-state index contributed by atoms with van der Waals surface area (Å²) in [4.78, 5) is 38.0. The van der Waals surface area contributed by atoms with Gasteiger partial charge in [-0.15, -0.1) is 0 Å². The minimum Gasteiger partial charge on any atom is -0.462 e. The molecule has 2 heterocycles. The van der Waals surface area contributed by atoms with Crippen molar-refractivity contribution in [2.45, 2.75) is 64.4 Å². The quantitative estimate of drug-likeness (QED) is 0.305. The number of carbonyl (C=O) groups excluding carboxylic acids is 1. The molecule has 198 valence electrons. The molecule has 1 aliphatic rings. The third kappa shape index (κ3) is 6.68. The summed E-state index contributed by atoms with van der Waals surface area (Å²) in [5.74, 6) is -0.554. The van der Waals surface area contributed by atoms with Crippen LogP contribution in [0.4, 0.5) is 4.39 Å². The number of hydrogen-bond donors (Lipinski definition) is 3. The fourth-order valence-corrected chi connectivity index (χ4v) is 4.85. The molecule has 1 fully saturated rings. The number of alkyl halides is 1. The Bertz CT molecular complexity index is 1220. The summed E-state index contributed by atoms with van der Waals surface area (Å²) in [5.41, 5.74) is -1.43. The number of esters is 1. The number of ether oxygens (including phenoxy) is 2. The predicted octanol–water partition coefficient (Wildman–Crippen LogP) is 1.57. The molecule has 1 aromatic heterocycles. The maximum atomic E-state index is 14.9. The first-order valence-corrected chi connectivity index (χ1v) is 12.7. The molecule has 1 aromatic carbocycles. The standard InChI is InChI=1S/C22H29FN3O9P/c1-12(2)33-21(29)14(4)25-36(31,35-15-8-6-5-7-9-15)32-11-16-18(27)17(23)20(34-16)26-10-13(3)19(28)24-22(26)30/h5-10,12,14,16-18,20,27H,11H2,1-4H3,(H,25,31)(H,24,28,30)/t14-,16-,17+,18-,20-,36?/m0/s1. The molecule has 6 atom stereocenters. The Morgan fingerprint density at radius 3 is 2.58 bits per heavy atom. The molecule has 2 aromatic rings. The minimum absolute atomic E-state index is 0.131. The SMILES string of the molecule is Cc1cn([C@H]2O[C@@H](COP(=O)(N[C@@H](C)C(=O)OC(C)C)Oc3ccccc3)[C@H](O)[C@H]2F)c(=O)[nH]c1=O. The van der Waals surface area contributed by atoms with Crippen molar-refractivity contribution in [3.63, 3.8) is 0 Å². The lowest BCUT2D eigenvalue weighted by Gasteiger charge is -2.25. The Kier molecular flexibility index (Phi) is 8.85. The zero-order valence-electron chi connectivity index (χ0n) is 20.1. The molecule has 0 spiro atoms. The summed E-state index contributed by atoms with van der Waals surface area (Å²) in [7, 11) is -4.29. The Morgan fingerprint density at radius 1 is 1.28 bits per heavy atom. The van der Waals surface area contributed by atoms with Crippen LogP contribution in [-0.2, 0) is 23.4 Å². The van der Waals surface area contributed by atoms with E-state index in [9.17, 15) is 28.4 Å². The lowest BCUT2D eigenvalue weighted by atomic mass is 10.1. The largest absolute Gasteiger partial charge is 0.462 e. The van der Waals surface area contributed by atoms with Crippen molar-refractivity contribution in [2.75, 3.05) is 6.61 Å². The highest BCUT2D eigenvalue weighted by atomic mass is 31.2. The van der Waals surface area contributed by atoms with Gasteiger partial charge in [0.1, 0.15) is 24.0 Å². The smallest absolute Gasteiger partial charge is 0.459 e. The topological polar surface area (TPSA) is 158 Å². The maximum Gasteiger partial charge on any atom is 0.459 e. The molecule has 3 N–H and O–H groups in total. The van der Waals surface area contributed by atoms with Crippen LogP contribution < -0.4 is 20.9 Å². The van der Waals surface area contributed by atoms with Gasteiger partial charge in [0, 0.05) is 11.8 Å². The van der Waals surface area contributed by atoms with Gasteiger partial charge in [0.05, 0.1) is 12.7 Å². The number of benzene rings is 1. The van der Waals surface area contributed by atoms with Crippen LogP contribution in [0.1, 0.15) is 32.6 Å². The van der Waals surface area contributed by atoms with Gasteiger partial charge in [0.25, 0.3) is 5.56 Å². The lowest BCUT2D eigenvalue weighted by molar-refractivity contribution is -0.149. The normalized spacial score (nSPS) is 24.3. The van der Waals surface area contributed by atoms with Crippen LogP contribution in [-0.4, -0.2) is 57.8 Å². The van der Waals surface area contributed by atoms with Crippen LogP contribution in [0, 0.1) is 6.92 Å². The van der Waals surface area contributed by atoms with Crippen LogP contribution in [0.15, 0.2) is 46.1 Å². The molecule has 0 amide bonds. The van der Waals surface area contributed by atoms with E-state index in [2.05, 4.69) is 5.09 Å². The van der Waals surface area contributed by atoms with Gasteiger partial charge < -0.3 is 19.1 Å². The molecule has 0 bridgehead atoms. The molecule has 1 unspecified atom stereocenters. The summed E-state index contributed by atoms with van der Waals surface area (Å²) < 4.78 is 50.7. The lowest BCUT2D eigenvalue weighted by Crippen LogP contribution is -2.37. The van der Waals surface area contributed by atoms with Crippen LogP contribution >= 0.6 is 7.75 Å². The van der Waals surface area contributed by atoms with E-state index in [4.69, 9.17) is 18.5 Å².